The molecule has 0 saturated heterocycles. The molecule has 2 heterocycles. The highest BCUT2D eigenvalue weighted by Crippen LogP contribution is 2.12. The lowest BCUT2D eigenvalue weighted by Gasteiger charge is -2.01. The maximum absolute atomic E-state index is 13.1. The van der Waals surface area contributed by atoms with Gasteiger partial charge in [0, 0.05) is 6.20 Å². The van der Waals surface area contributed by atoms with E-state index in [0.29, 0.717) is 12.2 Å². The monoisotopic (exact) mass is 330 g/mol. The van der Waals surface area contributed by atoms with Crippen molar-refractivity contribution in [2.75, 3.05) is 5.32 Å². The maximum atomic E-state index is 13.1. The van der Waals surface area contributed by atoms with Crippen LogP contribution in [0.4, 0.5) is 15.9 Å². The van der Waals surface area contributed by atoms with Gasteiger partial charge in [-0.25, -0.2) is 4.39 Å². The van der Waals surface area contributed by atoms with Crippen molar-refractivity contribution in [1.29, 1.82) is 0 Å². The smallest absolute Gasteiger partial charge is 0.343 e. The molecule has 2 N–H and O–H groups in total. The van der Waals surface area contributed by atoms with Crippen LogP contribution < -0.4 is 5.32 Å². The quantitative estimate of drug-likeness (QED) is 0.547. The van der Waals surface area contributed by atoms with Crippen molar-refractivity contribution in [3.8, 4) is 0 Å². The molecular formula is C14H11FN6O3. The summed E-state index contributed by atoms with van der Waals surface area (Å²) in [6.07, 6.45) is 2.97. The first-order valence-corrected chi connectivity index (χ1v) is 6.79. The third-order valence-electron chi connectivity index (χ3n) is 3.12. The van der Waals surface area contributed by atoms with Crippen LogP contribution in [0.25, 0.3) is 0 Å². The van der Waals surface area contributed by atoms with Crippen molar-refractivity contribution in [3.05, 3.63) is 69.9 Å². The third kappa shape index (κ3) is 3.43. The summed E-state index contributed by atoms with van der Waals surface area (Å²) in [5.41, 5.74) is 1.00. The van der Waals surface area contributed by atoms with Crippen LogP contribution in [0.5, 0.6) is 0 Å². The fourth-order valence-corrected chi connectivity index (χ4v) is 2.05. The van der Waals surface area contributed by atoms with Crippen molar-refractivity contribution in [3.63, 3.8) is 0 Å². The molecule has 0 saturated carbocycles. The van der Waals surface area contributed by atoms with E-state index in [1.165, 1.54) is 23.0 Å². The number of hydrogen-bond acceptors (Lipinski definition) is 5. The Kier molecular flexibility index (Phi) is 4.01. The van der Waals surface area contributed by atoms with E-state index in [1.807, 2.05) is 0 Å². The summed E-state index contributed by atoms with van der Waals surface area (Å²) < 4.78 is 14.7. The van der Waals surface area contributed by atoms with E-state index in [4.69, 9.17) is 0 Å². The van der Waals surface area contributed by atoms with E-state index in [-0.39, 0.29) is 17.3 Å². The molecule has 9 nitrogen and oxygen atoms in total. The Morgan fingerprint density at radius 2 is 2.25 bits per heavy atom. The largest absolute Gasteiger partial charge is 0.358 e. The molecule has 0 bridgehead atoms. The van der Waals surface area contributed by atoms with E-state index in [0.717, 1.165) is 11.6 Å². The number of benzene rings is 1. The van der Waals surface area contributed by atoms with Gasteiger partial charge in [0.25, 0.3) is 5.91 Å². The number of aromatic nitrogens is 4. The van der Waals surface area contributed by atoms with Crippen LogP contribution in [0.15, 0.2) is 42.7 Å². The number of amides is 1. The van der Waals surface area contributed by atoms with Gasteiger partial charge in [-0.2, -0.15) is 5.10 Å². The second kappa shape index (κ2) is 6.28. The Labute approximate surface area is 134 Å². The molecule has 24 heavy (non-hydrogen) atoms. The Morgan fingerprint density at radius 3 is 2.96 bits per heavy atom. The molecule has 1 amide bonds. The maximum Gasteiger partial charge on any atom is 0.343 e. The SMILES string of the molecule is O=C(Nc1cnn(Cc2cccc(F)c2)c1)c1cc([N+](=O)[O-])[nH]n1. The zero-order valence-corrected chi connectivity index (χ0v) is 12.1. The molecule has 0 fully saturated rings. The molecule has 0 atom stereocenters. The van der Waals surface area contributed by atoms with Gasteiger partial charge in [0.05, 0.1) is 24.5 Å². The van der Waals surface area contributed by atoms with Gasteiger partial charge >= 0.3 is 5.82 Å². The Hall–Kier alpha value is -3.56. The normalized spacial score (nSPS) is 10.5. The van der Waals surface area contributed by atoms with Crippen LogP contribution in [0, 0.1) is 15.9 Å². The van der Waals surface area contributed by atoms with E-state index in [1.54, 1.807) is 18.3 Å². The minimum Gasteiger partial charge on any atom is -0.358 e. The molecule has 1 aromatic carbocycles. The lowest BCUT2D eigenvalue weighted by Crippen LogP contribution is -2.11. The highest BCUT2D eigenvalue weighted by Gasteiger charge is 2.17. The molecular weight excluding hydrogens is 319 g/mol. The van der Waals surface area contributed by atoms with Gasteiger partial charge in [0.2, 0.25) is 0 Å². The molecule has 0 aliphatic carbocycles. The average molecular weight is 330 g/mol. The van der Waals surface area contributed by atoms with Crippen molar-refractivity contribution in [1.82, 2.24) is 20.0 Å². The van der Waals surface area contributed by atoms with Crippen molar-refractivity contribution in [2.45, 2.75) is 6.54 Å². The minimum atomic E-state index is -0.680. The van der Waals surface area contributed by atoms with Gasteiger partial charge < -0.3 is 15.4 Å². The summed E-state index contributed by atoms with van der Waals surface area (Å²) in [5, 5.41) is 22.9. The molecule has 0 radical (unpaired) electrons. The lowest BCUT2D eigenvalue weighted by atomic mass is 10.2. The fraction of sp³-hybridized carbons (Fsp3) is 0.0714. The van der Waals surface area contributed by atoms with Gasteiger partial charge in [0.15, 0.2) is 5.69 Å². The topological polar surface area (TPSA) is 119 Å². The number of H-pyrrole nitrogens is 1. The van der Waals surface area contributed by atoms with E-state index in [2.05, 4.69) is 20.6 Å². The molecule has 122 valence electrons. The molecule has 2 aromatic heterocycles. The van der Waals surface area contributed by atoms with Crippen LogP contribution in [0.1, 0.15) is 16.1 Å². The second-order valence-corrected chi connectivity index (χ2v) is 4.91. The number of hydrogen-bond donors (Lipinski definition) is 2. The van der Waals surface area contributed by atoms with Gasteiger partial charge in [0.1, 0.15) is 5.82 Å². The highest BCUT2D eigenvalue weighted by molar-refractivity contribution is 6.02. The molecule has 0 spiro atoms. The Balaban J connectivity index is 1.67. The number of nitrogens with zero attached hydrogens (tertiary/aromatic N) is 4. The number of carbonyl (C=O) groups is 1. The summed E-state index contributed by atoms with van der Waals surface area (Å²) in [6, 6.07) is 7.13. The first-order chi connectivity index (χ1) is 11.5. The summed E-state index contributed by atoms with van der Waals surface area (Å²) in [7, 11) is 0. The predicted molar refractivity (Wildman–Crippen MR) is 80.9 cm³/mol. The molecule has 3 rings (SSSR count). The number of anilines is 1. The summed E-state index contributed by atoms with van der Waals surface area (Å²) in [5.74, 6) is -1.32. The van der Waals surface area contributed by atoms with Crippen molar-refractivity contribution < 1.29 is 14.1 Å². The lowest BCUT2D eigenvalue weighted by molar-refractivity contribution is -0.389. The molecule has 0 unspecified atom stereocenters. The minimum absolute atomic E-state index is 0.111. The van der Waals surface area contributed by atoms with Crippen LogP contribution in [0.3, 0.4) is 0 Å². The molecule has 0 aliphatic heterocycles. The van der Waals surface area contributed by atoms with Gasteiger partial charge in [-0.1, -0.05) is 17.2 Å². The summed E-state index contributed by atoms with van der Waals surface area (Å²) in [6.45, 7) is 0.335. The fourth-order valence-electron chi connectivity index (χ4n) is 2.05. The first-order valence-electron chi connectivity index (χ1n) is 6.79. The van der Waals surface area contributed by atoms with E-state index >= 15 is 0 Å². The zero-order chi connectivity index (χ0) is 17.1. The number of carbonyl (C=O) groups excluding carboxylic acids is 1. The first kappa shape index (κ1) is 15.3. The van der Waals surface area contributed by atoms with Gasteiger partial charge in [-0.05, 0) is 22.6 Å². The number of nitro groups is 1. The highest BCUT2D eigenvalue weighted by atomic mass is 19.1. The Morgan fingerprint density at radius 1 is 1.42 bits per heavy atom. The molecule has 10 heteroatoms. The summed E-state index contributed by atoms with van der Waals surface area (Å²) >= 11 is 0. The van der Waals surface area contributed by atoms with Gasteiger partial charge in [-0.15, -0.1) is 5.10 Å². The van der Waals surface area contributed by atoms with E-state index < -0.39 is 10.8 Å². The van der Waals surface area contributed by atoms with Crippen LogP contribution in [-0.4, -0.2) is 30.8 Å². The average Bonchev–Trinajstić information content (AvgIpc) is 3.17. The molecule has 3 aromatic rings. The van der Waals surface area contributed by atoms with Gasteiger partial charge in [-0.3, -0.25) is 9.48 Å². The van der Waals surface area contributed by atoms with Crippen LogP contribution in [-0.2, 0) is 6.54 Å². The van der Waals surface area contributed by atoms with Crippen molar-refractivity contribution >= 4 is 17.4 Å². The molecule has 0 aliphatic rings. The Bertz CT molecular complexity index is 903. The van der Waals surface area contributed by atoms with Crippen LogP contribution >= 0.6 is 0 Å². The number of aromatic amines is 1. The number of nitrogens with one attached hydrogen (secondary N) is 2. The second-order valence-electron chi connectivity index (χ2n) is 4.91. The van der Waals surface area contributed by atoms with Crippen LogP contribution in [0.2, 0.25) is 0 Å². The van der Waals surface area contributed by atoms with E-state index in [9.17, 15) is 19.3 Å². The standard InChI is InChI=1S/C14H11FN6O3/c15-10-3-1-2-9(4-10)7-20-8-11(6-16-20)17-14(22)12-5-13(19-18-12)21(23)24/h1-6,8H,7H2,(H,17,22)(H,18,19). The zero-order valence-electron chi connectivity index (χ0n) is 12.1. The number of halogens is 1. The summed E-state index contributed by atoms with van der Waals surface area (Å²) in [4.78, 5) is 21.8. The number of rotatable bonds is 5. The third-order valence-corrected chi connectivity index (χ3v) is 3.12. The predicted octanol–water partition coefficient (Wildman–Crippen LogP) is 1.95. The van der Waals surface area contributed by atoms with Crippen molar-refractivity contribution in [2.24, 2.45) is 0 Å².